The van der Waals surface area contributed by atoms with Crippen LogP contribution >= 0.6 is 0 Å². The summed E-state index contributed by atoms with van der Waals surface area (Å²) >= 11 is 0. The highest BCUT2D eigenvalue weighted by Gasteiger charge is 2.34. The first-order valence-electron chi connectivity index (χ1n) is 9.23. The first kappa shape index (κ1) is 16.6. The van der Waals surface area contributed by atoms with Gasteiger partial charge in [0, 0.05) is 29.9 Å². The Balaban J connectivity index is 1.37. The molecule has 1 saturated heterocycles. The molecular weight excluding hydrogens is 356 g/mol. The zero-order chi connectivity index (χ0) is 18.9. The molecule has 1 fully saturated rings. The molecule has 0 unspecified atom stereocenters. The van der Waals surface area contributed by atoms with Gasteiger partial charge >= 0.3 is 0 Å². The summed E-state index contributed by atoms with van der Waals surface area (Å²) in [5.41, 5.74) is 1.79. The average Bonchev–Trinajstić information content (AvgIpc) is 3.48. The molecule has 140 valence electrons. The normalized spacial score (nSPS) is 16.7. The molecule has 1 aromatic carbocycles. The predicted molar refractivity (Wildman–Crippen MR) is 101 cm³/mol. The van der Waals surface area contributed by atoms with Crippen LogP contribution in [-0.2, 0) is 11.3 Å². The van der Waals surface area contributed by atoms with Crippen molar-refractivity contribution in [2.45, 2.75) is 25.4 Å². The van der Waals surface area contributed by atoms with Gasteiger partial charge in [-0.25, -0.2) is 0 Å². The van der Waals surface area contributed by atoms with Gasteiger partial charge in [-0.3, -0.25) is 14.5 Å². The van der Waals surface area contributed by atoms with Gasteiger partial charge in [0.25, 0.3) is 0 Å². The first-order chi connectivity index (χ1) is 13.8. The molecule has 4 aromatic rings. The Labute approximate surface area is 160 Å². The molecule has 0 aliphatic carbocycles. The monoisotopic (exact) mass is 374 g/mol. The molecule has 1 aliphatic rings. The molecule has 5 rings (SSSR count). The third kappa shape index (κ3) is 2.92. The maximum absolute atomic E-state index is 13.0. The summed E-state index contributed by atoms with van der Waals surface area (Å²) in [6, 6.07) is 11.3. The number of pyridine rings is 1. The minimum absolute atomic E-state index is 0.0000131. The lowest BCUT2D eigenvalue weighted by Crippen LogP contribution is -2.33. The van der Waals surface area contributed by atoms with Crippen molar-refractivity contribution in [2.75, 3.05) is 6.54 Å². The number of rotatable bonds is 4. The fourth-order valence-electron chi connectivity index (χ4n) is 3.68. The number of benzene rings is 1. The molecule has 0 bridgehead atoms. The zero-order valence-electron chi connectivity index (χ0n) is 15.1. The molecule has 8 nitrogen and oxygen atoms in total. The summed E-state index contributed by atoms with van der Waals surface area (Å²) in [7, 11) is 0. The molecule has 0 saturated carbocycles. The standard InChI is InChI=1S/C20H18N6O2/c27-18(13-26-16-5-2-1-4-15(16)12-22-26)25-11-3-6-17(25)20-23-19(24-28-20)14-7-9-21-10-8-14/h1-2,4-5,7-10,12,17H,3,6,11,13H2/t17-/m0/s1. The third-order valence-corrected chi connectivity index (χ3v) is 5.07. The highest BCUT2D eigenvalue weighted by atomic mass is 16.5. The van der Waals surface area contributed by atoms with Crippen LogP contribution in [0.15, 0.2) is 59.5 Å². The van der Waals surface area contributed by atoms with Crippen molar-refractivity contribution in [1.82, 2.24) is 29.8 Å². The summed E-state index contributed by atoms with van der Waals surface area (Å²) in [6.45, 7) is 0.866. The number of amides is 1. The van der Waals surface area contributed by atoms with Crippen LogP contribution in [0.4, 0.5) is 0 Å². The van der Waals surface area contributed by atoms with E-state index >= 15 is 0 Å². The number of hydrogen-bond donors (Lipinski definition) is 0. The van der Waals surface area contributed by atoms with Gasteiger partial charge in [0.1, 0.15) is 12.6 Å². The predicted octanol–water partition coefficient (Wildman–Crippen LogP) is 2.85. The lowest BCUT2D eigenvalue weighted by atomic mass is 10.2. The first-order valence-corrected chi connectivity index (χ1v) is 9.23. The van der Waals surface area contributed by atoms with E-state index < -0.39 is 0 Å². The second-order valence-electron chi connectivity index (χ2n) is 6.80. The molecule has 1 aliphatic heterocycles. The van der Waals surface area contributed by atoms with E-state index in [0.29, 0.717) is 18.3 Å². The van der Waals surface area contributed by atoms with E-state index in [1.807, 2.05) is 41.3 Å². The summed E-state index contributed by atoms with van der Waals surface area (Å²) in [6.07, 6.45) is 6.87. The van der Waals surface area contributed by atoms with Crippen molar-refractivity contribution >= 4 is 16.8 Å². The van der Waals surface area contributed by atoms with Crippen molar-refractivity contribution in [3.05, 3.63) is 60.9 Å². The van der Waals surface area contributed by atoms with E-state index in [1.165, 1.54) is 0 Å². The fourth-order valence-corrected chi connectivity index (χ4v) is 3.68. The Morgan fingerprint density at radius 2 is 2.04 bits per heavy atom. The number of carbonyl (C=O) groups excluding carboxylic acids is 1. The van der Waals surface area contributed by atoms with Gasteiger partial charge in [0.15, 0.2) is 0 Å². The highest BCUT2D eigenvalue weighted by Crippen LogP contribution is 2.32. The Kier molecular flexibility index (Phi) is 4.08. The van der Waals surface area contributed by atoms with Crippen molar-refractivity contribution < 1.29 is 9.32 Å². The molecule has 8 heteroatoms. The fraction of sp³-hybridized carbons (Fsp3) is 0.250. The van der Waals surface area contributed by atoms with Gasteiger partial charge in [-0.05, 0) is 31.0 Å². The Morgan fingerprint density at radius 1 is 1.18 bits per heavy atom. The number of likely N-dealkylation sites (tertiary alicyclic amines) is 1. The molecule has 1 atom stereocenters. The van der Waals surface area contributed by atoms with Crippen LogP contribution in [-0.4, -0.2) is 42.3 Å². The maximum Gasteiger partial charge on any atom is 0.249 e. The Hall–Kier alpha value is -3.55. The quantitative estimate of drug-likeness (QED) is 0.546. The average molecular weight is 374 g/mol. The van der Waals surface area contributed by atoms with Gasteiger partial charge in [-0.15, -0.1) is 0 Å². The smallest absolute Gasteiger partial charge is 0.249 e. The summed E-state index contributed by atoms with van der Waals surface area (Å²) in [5, 5.41) is 9.45. The van der Waals surface area contributed by atoms with E-state index in [-0.39, 0.29) is 18.5 Å². The summed E-state index contributed by atoms with van der Waals surface area (Å²) in [5.74, 6) is 0.984. The number of para-hydroxylation sites is 1. The van der Waals surface area contributed by atoms with E-state index in [1.54, 1.807) is 23.3 Å². The van der Waals surface area contributed by atoms with Crippen LogP contribution in [0.2, 0.25) is 0 Å². The van der Waals surface area contributed by atoms with Gasteiger partial charge in [-0.2, -0.15) is 10.1 Å². The zero-order valence-corrected chi connectivity index (χ0v) is 15.1. The lowest BCUT2D eigenvalue weighted by molar-refractivity contribution is -0.133. The summed E-state index contributed by atoms with van der Waals surface area (Å²) in [4.78, 5) is 23.3. The second kappa shape index (κ2) is 6.88. The van der Waals surface area contributed by atoms with Crippen LogP contribution < -0.4 is 0 Å². The molecule has 1 amide bonds. The van der Waals surface area contributed by atoms with Gasteiger partial charge in [0.05, 0.1) is 11.7 Å². The van der Waals surface area contributed by atoms with Crippen molar-refractivity contribution in [3.63, 3.8) is 0 Å². The maximum atomic E-state index is 13.0. The number of hydrogen-bond acceptors (Lipinski definition) is 6. The number of carbonyl (C=O) groups is 1. The van der Waals surface area contributed by atoms with Crippen LogP contribution in [0.25, 0.3) is 22.3 Å². The molecule has 0 radical (unpaired) electrons. The Morgan fingerprint density at radius 3 is 2.93 bits per heavy atom. The van der Waals surface area contributed by atoms with Crippen LogP contribution in [0, 0.1) is 0 Å². The third-order valence-electron chi connectivity index (χ3n) is 5.07. The molecule has 28 heavy (non-hydrogen) atoms. The van der Waals surface area contributed by atoms with Crippen molar-refractivity contribution in [1.29, 1.82) is 0 Å². The van der Waals surface area contributed by atoms with Gasteiger partial charge < -0.3 is 9.42 Å². The number of nitrogens with zero attached hydrogens (tertiary/aromatic N) is 6. The minimum atomic E-state index is -0.197. The molecule has 3 aromatic heterocycles. The second-order valence-corrected chi connectivity index (χ2v) is 6.80. The largest absolute Gasteiger partial charge is 0.337 e. The molecule has 4 heterocycles. The minimum Gasteiger partial charge on any atom is -0.337 e. The van der Waals surface area contributed by atoms with E-state index in [2.05, 4.69) is 20.2 Å². The van der Waals surface area contributed by atoms with Crippen LogP contribution in [0.3, 0.4) is 0 Å². The lowest BCUT2D eigenvalue weighted by Gasteiger charge is -2.22. The highest BCUT2D eigenvalue weighted by molar-refractivity contribution is 5.82. The van der Waals surface area contributed by atoms with Crippen LogP contribution in [0.5, 0.6) is 0 Å². The molecule has 0 spiro atoms. The number of fused-ring (bicyclic) bond motifs is 1. The SMILES string of the molecule is O=C(Cn1ncc2ccccc21)N1CCC[C@H]1c1nc(-c2ccncc2)no1. The van der Waals surface area contributed by atoms with Gasteiger partial charge in [0.2, 0.25) is 17.6 Å². The molecular formula is C20H18N6O2. The van der Waals surface area contributed by atoms with E-state index in [9.17, 15) is 4.79 Å². The van der Waals surface area contributed by atoms with Crippen molar-refractivity contribution in [2.24, 2.45) is 0 Å². The number of aromatic nitrogens is 5. The summed E-state index contributed by atoms with van der Waals surface area (Å²) < 4.78 is 7.23. The van der Waals surface area contributed by atoms with E-state index in [4.69, 9.17) is 4.52 Å². The topological polar surface area (TPSA) is 89.9 Å². The Bertz CT molecular complexity index is 1120. The molecule has 0 N–H and O–H groups in total. The van der Waals surface area contributed by atoms with Gasteiger partial charge in [-0.1, -0.05) is 23.4 Å². The van der Waals surface area contributed by atoms with E-state index in [0.717, 1.165) is 29.3 Å². The van der Waals surface area contributed by atoms with Crippen molar-refractivity contribution in [3.8, 4) is 11.4 Å². The van der Waals surface area contributed by atoms with Crippen LogP contribution in [0.1, 0.15) is 24.8 Å².